The van der Waals surface area contributed by atoms with Gasteiger partial charge in [0, 0.05) is 46.9 Å². The number of amides is 2. The molecule has 10 heteroatoms. The summed E-state index contributed by atoms with van der Waals surface area (Å²) in [6.45, 7) is -0.00898. The van der Waals surface area contributed by atoms with Gasteiger partial charge in [-0.3, -0.25) is 14.6 Å². The quantitative estimate of drug-likeness (QED) is 0.230. The Bertz CT molecular complexity index is 1990. The molecule has 6 aromatic rings. The molecule has 0 saturated heterocycles. The van der Waals surface area contributed by atoms with E-state index in [-0.39, 0.29) is 35.8 Å². The lowest BCUT2D eigenvalue weighted by Crippen LogP contribution is -2.42. The summed E-state index contributed by atoms with van der Waals surface area (Å²) in [4.78, 5) is 35.4. The van der Waals surface area contributed by atoms with Gasteiger partial charge in [-0.05, 0) is 35.9 Å². The molecule has 1 aliphatic rings. The predicted octanol–water partition coefficient (Wildman–Crippen LogP) is 3.57. The molecule has 7 rings (SSSR count). The Labute approximate surface area is 214 Å². The van der Waals surface area contributed by atoms with Crippen LogP contribution < -0.4 is 5.43 Å². The molecule has 3 aromatic carbocycles. The number of carbonyl (C=O) groups excluding carboxylic acids is 2. The molecule has 0 saturated carbocycles. The normalized spacial score (nSPS) is 13.6. The van der Waals surface area contributed by atoms with Crippen LogP contribution in [0.4, 0.5) is 0 Å². The molecule has 10 nitrogen and oxygen atoms in total. The summed E-state index contributed by atoms with van der Waals surface area (Å²) in [7, 11) is 1.85. The van der Waals surface area contributed by atoms with Crippen LogP contribution in [0.1, 0.15) is 32.0 Å². The van der Waals surface area contributed by atoms with Crippen molar-refractivity contribution in [2.45, 2.75) is 13.2 Å². The summed E-state index contributed by atoms with van der Waals surface area (Å²) >= 11 is 0. The second kappa shape index (κ2) is 7.78. The number of phenols is 2. The highest BCUT2D eigenvalue weighted by Gasteiger charge is 2.41. The van der Waals surface area contributed by atoms with E-state index in [1.54, 1.807) is 54.7 Å². The molecule has 188 valence electrons. The van der Waals surface area contributed by atoms with Gasteiger partial charge in [0.25, 0.3) is 11.8 Å². The topological polar surface area (TPSA) is 144 Å². The molecule has 0 unspecified atom stereocenters. The molecule has 0 bridgehead atoms. The second-order valence-electron chi connectivity index (χ2n) is 9.44. The van der Waals surface area contributed by atoms with Crippen molar-refractivity contribution in [1.82, 2.24) is 25.0 Å². The maximum absolute atomic E-state index is 13.9. The number of pyridine rings is 1. The number of hydrazine groups is 1. The Kier molecular flexibility index (Phi) is 4.56. The number of aliphatic hydroxyl groups excluding tert-OH is 1. The minimum absolute atomic E-state index is 0.0734. The summed E-state index contributed by atoms with van der Waals surface area (Å²) in [6, 6.07) is 13.2. The number of imide groups is 1. The number of H-pyrrole nitrogens is 1. The maximum Gasteiger partial charge on any atom is 0.276 e. The molecule has 1 aliphatic heterocycles. The summed E-state index contributed by atoms with van der Waals surface area (Å²) in [5, 5.41) is 33.2. The first-order valence-electron chi connectivity index (χ1n) is 12.0. The first-order chi connectivity index (χ1) is 18.4. The first kappa shape index (κ1) is 22.3. The van der Waals surface area contributed by atoms with Crippen molar-refractivity contribution in [3.63, 3.8) is 0 Å². The Morgan fingerprint density at radius 1 is 0.921 bits per heavy atom. The standard InChI is InChI=1S/C28H21N5O5/c1-32-20-9-16(36)5-7-18(20)22-24-23(21-17-6-4-15(35)8-19(17)31-25(21)26(22)32)27(37)33(28(24)38)30-11-14-3-2-13(12-34)10-29-14/h2-10,30-31,34-36H,11-12H2,1H3. The number of nitrogens with one attached hydrogen (secondary N) is 2. The van der Waals surface area contributed by atoms with Crippen molar-refractivity contribution in [3.05, 3.63) is 77.1 Å². The molecule has 3 aromatic heterocycles. The fourth-order valence-corrected chi connectivity index (χ4v) is 5.54. The lowest BCUT2D eigenvalue weighted by molar-refractivity contribution is 0.0562. The van der Waals surface area contributed by atoms with Gasteiger partial charge < -0.3 is 24.9 Å². The first-order valence-corrected chi connectivity index (χ1v) is 12.0. The Morgan fingerprint density at radius 3 is 2.34 bits per heavy atom. The van der Waals surface area contributed by atoms with E-state index in [0.717, 1.165) is 10.4 Å². The molecule has 4 heterocycles. The van der Waals surface area contributed by atoms with E-state index in [1.807, 2.05) is 11.6 Å². The number of carbonyl (C=O) groups is 2. The number of aromatic amines is 1. The van der Waals surface area contributed by atoms with E-state index >= 15 is 0 Å². The molecule has 0 atom stereocenters. The Morgan fingerprint density at radius 2 is 1.63 bits per heavy atom. The zero-order valence-corrected chi connectivity index (χ0v) is 20.1. The molecule has 5 N–H and O–H groups in total. The Hall–Kier alpha value is -4.93. The van der Waals surface area contributed by atoms with Gasteiger partial charge in [-0.1, -0.05) is 6.07 Å². The number of nitrogens with zero attached hydrogens (tertiary/aromatic N) is 3. The highest BCUT2D eigenvalue weighted by atomic mass is 16.3. The second-order valence-corrected chi connectivity index (χ2v) is 9.44. The van der Waals surface area contributed by atoms with Crippen LogP contribution in [0, 0.1) is 0 Å². The van der Waals surface area contributed by atoms with Crippen molar-refractivity contribution in [2.75, 3.05) is 0 Å². The molecular formula is C28H21N5O5. The van der Waals surface area contributed by atoms with Crippen molar-refractivity contribution in [3.8, 4) is 11.5 Å². The van der Waals surface area contributed by atoms with Crippen LogP contribution in [0.2, 0.25) is 0 Å². The average molecular weight is 508 g/mol. The third kappa shape index (κ3) is 2.92. The summed E-state index contributed by atoms with van der Waals surface area (Å²) in [5.74, 6) is -0.821. The van der Waals surface area contributed by atoms with Gasteiger partial charge in [0.1, 0.15) is 11.5 Å². The maximum atomic E-state index is 13.9. The van der Waals surface area contributed by atoms with Crippen molar-refractivity contribution < 1.29 is 24.9 Å². The van der Waals surface area contributed by atoms with Gasteiger partial charge in [-0.25, -0.2) is 10.4 Å². The lowest BCUT2D eigenvalue weighted by Gasteiger charge is -2.15. The van der Waals surface area contributed by atoms with Crippen LogP contribution in [-0.4, -0.2) is 46.7 Å². The van der Waals surface area contributed by atoms with Crippen LogP contribution in [-0.2, 0) is 20.2 Å². The molecule has 0 fully saturated rings. The Balaban J connectivity index is 1.49. The van der Waals surface area contributed by atoms with Crippen molar-refractivity contribution in [2.24, 2.45) is 7.05 Å². The fourth-order valence-electron chi connectivity index (χ4n) is 5.54. The number of aryl methyl sites for hydroxylation is 1. The van der Waals surface area contributed by atoms with Crippen LogP contribution in [0.25, 0.3) is 43.6 Å². The SMILES string of the molecule is Cn1c2cc(O)ccc2c2c3c(c4c5ccc(O)cc5[nH]c4c21)C(=O)N(NCc1ccc(CO)cn1)C3=O. The van der Waals surface area contributed by atoms with E-state index in [4.69, 9.17) is 0 Å². The highest BCUT2D eigenvalue weighted by molar-refractivity contribution is 6.39. The van der Waals surface area contributed by atoms with E-state index in [1.165, 1.54) is 0 Å². The summed E-state index contributed by atoms with van der Waals surface area (Å²) in [6.07, 6.45) is 1.54. The monoisotopic (exact) mass is 507 g/mol. The molecular weight excluding hydrogens is 486 g/mol. The predicted molar refractivity (Wildman–Crippen MR) is 141 cm³/mol. The fraction of sp³-hybridized carbons (Fsp3) is 0.107. The van der Waals surface area contributed by atoms with Crippen molar-refractivity contribution >= 4 is 55.4 Å². The van der Waals surface area contributed by atoms with Crippen LogP contribution in [0.15, 0.2) is 54.7 Å². The number of hydrogen-bond acceptors (Lipinski definition) is 7. The van der Waals surface area contributed by atoms with E-state index in [9.17, 15) is 24.9 Å². The molecule has 0 spiro atoms. The van der Waals surface area contributed by atoms with Crippen LogP contribution in [0.5, 0.6) is 11.5 Å². The number of phenolic OH excluding ortho intramolecular Hbond substituents is 2. The van der Waals surface area contributed by atoms with Crippen LogP contribution in [0.3, 0.4) is 0 Å². The lowest BCUT2D eigenvalue weighted by atomic mass is 9.96. The molecule has 38 heavy (non-hydrogen) atoms. The number of benzene rings is 3. The van der Waals surface area contributed by atoms with E-state index in [2.05, 4.69) is 15.4 Å². The van der Waals surface area contributed by atoms with E-state index < -0.39 is 11.8 Å². The zero-order chi connectivity index (χ0) is 26.3. The third-order valence-electron chi connectivity index (χ3n) is 7.27. The largest absolute Gasteiger partial charge is 0.508 e. The van der Waals surface area contributed by atoms with Gasteiger partial charge in [-0.2, -0.15) is 0 Å². The van der Waals surface area contributed by atoms with Gasteiger partial charge in [0.15, 0.2) is 0 Å². The number of fused-ring (bicyclic) bond motifs is 10. The zero-order valence-electron chi connectivity index (χ0n) is 20.1. The number of rotatable bonds is 4. The van der Waals surface area contributed by atoms with Crippen LogP contribution >= 0.6 is 0 Å². The molecule has 0 aliphatic carbocycles. The van der Waals surface area contributed by atoms with Gasteiger partial charge in [0.2, 0.25) is 0 Å². The minimum atomic E-state index is -0.492. The van der Waals surface area contributed by atoms with E-state index in [0.29, 0.717) is 49.5 Å². The number of aliphatic hydroxyl groups is 1. The van der Waals surface area contributed by atoms with Gasteiger partial charge >= 0.3 is 0 Å². The molecule has 0 radical (unpaired) electrons. The average Bonchev–Trinajstić information content (AvgIpc) is 3.50. The number of aromatic nitrogens is 3. The third-order valence-corrected chi connectivity index (χ3v) is 7.27. The smallest absolute Gasteiger partial charge is 0.276 e. The molecule has 2 amide bonds. The highest BCUT2D eigenvalue weighted by Crippen LogP contribution is 2.45. The summed E-state index contributed by atoms with van der Waals surface area (Å²) in [5.41, 5.74) is 7.43. The summed E-state index contributed by atoms with van der Waals surface area (Å²) < 4.78 is 1.89. The minimum Gasteiger partial charge on any atom is -0.508 e. The number of hydrogen-bond donors (Lipinski definition) is 5. The van der Waals surface area contributed by atoms with Crippen molar-refractivity contribution in [1.29, 1.82) is 0 Å². The number of aromatic hydroxyl groups is 2. The van der Waals surface area contributed by atoms with Gasteiger partial charge in [0.05, 0.1) is 52.0 Å². The van der Waals surface area contributed by atoms with Gasteiger partial charge in [-0.15, -0.1) is 0 Å².